The predicted molar refractivity (Wildman–Crippen MR) is 101 cm³/mol. The average molecular weight is 390 g/mol. The smallest absolute Gasteiger partial charge is 0.352 e. The van der Waals surface area contributed by atoms with E-state index in [1.807, 2.05) is 18.2 Å². The number of hydrogen-bond acceptors (Lipinski definition) is 3. The van der Waals surface area contributed by atoms with Crippen molar-refractivity contribution >= 4 is 23.7 Å². The fourth-order valence-corrected chi connectivity index (χ4v) is 3.06. The Morgan fingerprint density at radius 3 is 2.52 bits per heavy atom. The number of carbonyl (C=O) groups is 1. The van der Waals surface area contributed by atoms with Crippen molar-refractivity contribution in [3.63, 3.8) is 0 Å². The molecule has 0 unspecified atom stereocenters. The van der Waals surface area contributed by atoms with E-state index in [0.717, 1.165) is 17.7 Å². The van der Waals surface area contributed by atoms with Crippen LogP contribution in [0, 0.1) is 11.3 Å². The molecule has 0 saturated carbocycles. The molecule has 7 heteroatoms. The lowest BCUT2D eigenvalue weighted by Crippen LogP contribution is -2.23. The Bertz CT molecular complexity index is 840. The number of nitrogens with one attached hydrogen (secondary N) is 1. The van der Waals surface area contributed by atoms with Crippen molar-refractivity contribution in [1.29, 1.82) is 5.26 Å². The van der Waals surface area contributed by atoms with Crippen molar-refractivity contribution in [3.8, 4) is 6.07 Å². The van der Waals surface area contributed by atoms with Gasteiger partial charge in [-0.3, -0.25) is 4.79 Å². The van der Waals surface area contributed by atoms with Crippen LogP contribution in [0.3, 0.4) is 0 Å². The Kier molecular flexibility index (Phi) is 7.50. The van der Waals surface area contributed by atoms with Crippen LogP contribution in [0.4, 0.5) is 13.2 Å². The maximum Gasteiger partial charge on any atom is 0.416 e. The summed E-state index contributed by atoms with van der Waals surface area (Å²) in [6.07, 6.45) is -1.62. The van der Waals surface area contributed by atoms with Gasteiger partial charge in [-0.2, -0.15) is 30.2 Å². The molecule has 3 nitrogen and oxygen atoms in total. The number of amides is 1. The SMILES string of the molecule is N#Cc1ccccc1CSCCNC(=O)/C=C/c1ccc(C(F)(F)F)cc1. The van der Waals surface area contributed by atoms with E-state index in [4.69, 9.17) is 5.26 Å². The Hall–Kier alpha value is -2.72. The van der Waals surface area contributed by atoms with Gasteiger partial charge in [0.15, 0.2) is 0 Å². The Morgan fingerprint density at radius 1 is 1.15 bits per heavy atom. The van der Waals surface area contributed by atoms with Crippen molar-refractivity contribution in [2.45, 2.75) is 11.9 Å². The van der Waals surface area contributed by atoms with Gasteiger partial charge in [0.05, 0.1) is 17.2 Å². The highest BCUT2D eigenvalue weighted by Gasteiger charge is 2.29. The van der Waals surface area contributed by atoms with Gasteiger partial charge < -0.3 is 5.32 Å². The molecule has 0 heterocycles. The van der Waals surface area contributed by atoms with E-state index in [1.165, 1.54) is 24.3 Å². The highest BCUT2D eigenvalue weighted by atomic mass is 32.2. The molecule has 2 aromatic carbocycles. The second kappa shape index (κ2) is 9.83. The molecule has 0 aliphatic carbocycles. The topological polar surface area (TPSA) is 52.9 Å². The van der Waals surface area contributed by atoms with E-state index in [2.05, 4.69) is 11.4 Å². The number of halogens is 3. The second-order valence-electron chi connectivity index (χ2n) is 5.57. The van der Waals surface area contributed by atoms with Crippen LogP contribution in [0.15, 0.2) is 54.6 Å². The number of hydrogen-bond donors (Lipinski definition) is 1. The normalized spacial score (nSPS) is 11.3. The van der Waals surface area contributed by atoms with Gasteiger partial charge in [-0.05, 0) is 35.4 Å². The molecule has 0 aromatic heterocycles. The summed E-state index contributed by atoms with van der Waals surface area (Å²) >= 11 is 1.60. The first-order valence-corrected chi connectivity index (χ1v) is 9.24. The molecule has 1 amide bonds. The van der Waals surface area contributed by atoms with E-state index in [-0.39, 0.29) is 5.91 Å². The molecule has 0 saturated heterocycles. The minimum absolute atomic E-state index is 0.312. The number of nitriles is 1. The van der Waals surface area contributed by atoms with Crippen molar-refractivity contribution in [2.75, 3.05) is 12.3 Å². The quantitative estimate of drug-likeness (QED) is 0.554. The van der Waals surface area contributed by atoms with Gasteiger partial charge in [-0.1, -0.05) is 30.3 Å². The molecule has 0 aliphatic rings. The number of rotatable bonds is 7. The number of thioether (sulfide) groups is 1. The zero-order valence-electron chi connectivity index (χ0n) is 14.3. The highest BCUT2D eigenvalue weighted by molar-refractivity contribution is 7.98. The van der Waals surface area contributed by atoms with Crippen LogP contribution in [0.2, 0.25) is 0 Å². The van der Waals surface area contributed by atoms with E-state index in [9.17, 15) is 18.0 Å². The molecule has 27 heavy (non-hydrogen) atoms. The van der Waals surface area contributed by atoms with Crippen molar-refractivity contribution in [2.24, 2.45) is 0 Å². The van der Waals surface area contributed by atoms with Crippen molar-refractivity contribution < 1.29 is 18.0 Å². The van der Waals surface area contributed by atoms with Crippen molar-refractivity contribution in [1.82, 2.24) is 5.32 Å². The summed E-state index contributed by atoms with van der Waals surface area (Å²) in [6, 6.07) is 14.1. The van der Waals surface area contributed by atoms with Gasteiger partial charge in [0.2, 0.25) is 5.91 Å². The van der Waals surface area contributed by atoms with Gasteiger partial charge in [0, 0.05) is 24.1 Å². The number of benzene rings is 2. The molecule has 0 fully saturated rings. The van der Waals surface area contributed by atoms with Gasteiger partial charge in [-0.25, -0.2) is 0 Å². The van der Waals surface area contributed by atoms with Crippen LogP contribution in [0.5, 0.6) is 0 Å². The number of nitrogens with zero attached hydrogens (tertiary/aromatic N) is 1. The summed E-state index contributed by atoms with van der Waals surface area (Å²) in [7, 11) is 0. The van der Waals surface area contributed by atoms with E-state index >= 15 is 0 Å². The molecular formula is C20H17F3N2OS. The van der Waals surface area contributed by atoms with Gasteiger partial charge in [-0.15, -0.1) is 0 Å². The van der Waals surface area contributed by atoms with E-state index in [0.29, 0.717) is 29.2 Å². The largest absolute Gasteiger partial charge is 0.416 e. The zero-order valence-corrected chi connectivity index (χ0v) is 15.1. The third-order valence-corrected chi connectivity index (χ3v) is 4.61. The Balaban J connectivity index is 1.72. The molecule has 0 bridgehead atoms. The molecule has 2 rings (SSSR count). The summed E-state index contributed by atoms with van der Waals surface area (Å²) in [5, 5.41) is 11.7. The predicted octanol–water partition coefficient (Wildman–Crippen LogP) is 4.64. The first-order chi connectivity index (χ1) is 12.9. The van der Waals surface area contributed by atoms with E-state index in [1.54, 1.807) is 17.8 Å². The van der Waals surface area contributed by atoms with Crippen LogP contribution in [-0.2, 0) is 16.7 Å². The molecule has 2 aromatic rings. The minimum Gasteiger partial charge on any atom is -0.352 e. The molecule has 0 atom stereocenters. The highest BCUT2D eigenvalue weighted by Crippen LogP contribution is 2.29. The molecular weight excluding hydrogens is 373 g/mol. The molecule has 0 radical (unpaired) electrons. The van der Waals surface area contributed by atoms with Gasteiger partial charge in [0.1, 0.15) is 0 Å². The third kappa shape index (κ3) is 6.83. The fraction of sp³-hybridized carbons (Fsp3) is 0.200. The monoisotopic (exact) mass is 390 g/mol. The Labute approximate surface area is 159 Å². The Morgan fingerprint density at radius 2 is 1.85 bits per heavy atom. The standard InChI is InChI=1S/C20H17F3N2OS/c21-20(22,23)18-8-5-15(6-9-18)7-10-19(26)25-11-12-27-14-17-4-2-1-3-16(17)13-24/h1-10H,11-12,14H2,(H,25,26)/b10-7+. The lowest BCUT2D eigenvalue weighted by molar-refractivity contribution is -0.137. The number of carbonyl (C=O) groups excluding carboxylic acids is 1. The van der Waals surface area contributed by atoms with Crippen LogP contribution in [0.1, 0.15) is 22.3 Å². The fourth-order valence-electron chi connectivity index (χ4n) is 2.20. The van der Waals surface area contributed by atoms with Gasteiger partial charge in [0.25, 0.3) is 0 Å². The summed E-state index contributed by atoms with van der Waals surface area (Å²) in [6.45, 7) is 0.454. The summed E-state index contributed by atoms with van der Waals surface area (Å²) in [4.78, 5) is 11.7. The minimum atomic E-state index is -4.37. The third-order valence-electron chi connectivity index (χ3n) is 3.61. The van der Waals surface area contributed by atoms with Crippen LogP contribution >= 0.6 is 11.8 Å². The zero-order chi connectivity index (χ0) is 19.7. The summed E-state index contributed by atoms with van der Waals surface area (Å²) < 4.78 is 37.5. The van der Waals surface area contributed by atoms with Gasteiger partial charge >= 0.3 is 6.18 Å². The van der Waals surface area contributed by atoms with Crippen LogP contribution in [-0.4, -0.2) is 18.2 Å². The second-order valence-corrected chi connectivity index (χ2v) is 6.67. The van der Waals surface area contributed by atoms with E-state index < -0.39 is 11.7 Å². The maximum atomic E-state index is 12.5. The maximum absolute atomic E-state index is 12.5. The average Bonchev–Trinajstić information content (AvgIpc) is 2.66. The summed E-state index contributed by atoms with van der Waals surface area (Å²) in [5.41, 5.74) is 1.40. The van der Waals surface area contributed by atoms with Crippen LogP contribution < -0.4 is 5.32 Å². The first-order valence-electron chi connectivity index (χ1n) is 8.09. The van der Waals surface area contributed by atoms with Crippen LogP contribution in [0.25, 0.3) is 6.08 Å². The molecule has 0 aliphatic heterocycles. The summed E-state index contributed by atoms with van der Waals surface area (Å²) in [5.74, 6) is 1.05. The molecule has 0 spiro atoms. The lowest BCUT2D eigenvalue weighted by atomic mass is 10.1. The number of alkyl halides is 3. The lowest BCUT2D eigenvalue weighted by Gasteiger charge is -2.06. The molecule has 1 N–H and O–H groups in total. The van der Waals surface area contributed by atoms with Crippen molar-refractivity contribution in [3.05, 3.63) is 76.9 Å². The molecule has 140 valence electrons. The first kappa shape index (κ1) is 20.6.